The molecular weight excluding hydrogens is 259 g/mol. The molecule has 0 aliphatic rings. The monoisotopic (exact) mass is 267 g/mol. The third kappa shape index (κ3) is 3.34. The lowest BCUT2D eigenvalue weighted by Gasteiger charge is -2.27. The Labute approximate surface area is 91.3 Å². The molecule has 2 N–H and O–H groups in total. The Bertz CT molecular complexity index is 331. The fraction of sp³-hybridized carbons (Fsp3) is 0.625. The number of amides is 1. The van der Waals surface area contributed by atoms with Crippen LogP contribution in [0.15, 0.2) is 11.6 Å². The minimum atomic E-state index is -6.37. The van der Waals surface area contributed by atoms with Gasteiger partial charge in [-0.15, -0.1) is 0 Å². The standard InChI is InChI=1S/C8H8F7NO/c1-4(5(16)17)2-3-6(9,10)7(11,12)8(13,14)15/h2H,3H2,1H3,(H2,16,17). The molecule has 0 rings (SSSR count). The smallest absolute Gasteiger partial charge is 0.366 e. The SMILES string of the molecule is CC(=CCC(F)(F)C(F)(F)C(F)(F)F)C(N)=O. The normalized spacial score (nSPS) is 14.9. The summed E-state index contributed by atoms with van der Waals surface area (Å²) in [5.74, 6) is -12.7. The Kier molecular flexibility index (Phi) is 4.19. The Morgan fingerprint density at radius 1 is 1.12 bits per heavy atom. The van der Waals surface area contributed by atoms with Crippen LogP contribution < -0.4 is 5.73 Å². The summed E-state index contributed by atoms with van der Waals surface area (Å²) in [7, 11) is 0. The molecule has 1 amide bonds. The van der Waals surface area contributed by atoms with Crippen LogP contribution in [0.2, 0.25) is 0 Å². The van der Waals surface area contributed by atoms with Crippen molar-refractivity contribution in [2.45, 2.75) is 31.4 Å². The summed E-state index contributed by atoms with van der Waals surface area (Å²) < 4.78 is 85.0. The molecule has 2 nitrogen and oxygen atoms in total. The molecule has 0 radical (unpaired) electrons. The van der Waals surface area contributed by atoms with Crippen LogP contribution in [0.4, 0.5) is 30.7 Å². The lowest BCUT2D eigenvalue weighted by Crippen LogP contribution is -2.51. The number of hydrogen-bond acceptors (Lipinski definition) is 1. The summed E-state index contributed by atoms with van der Waals surface area (Å²) in [6, 6.07) is 0. The predicted molar refractivity (Wildman–Crippen MR) is 43.5 cm³/mol. The molecule has 0 atom stereocenters. The molecule has 0 aliphatic carbocycles. The number of rotatable bonds is 4. The van der Waals surface area contributed by atoms with Crippen LogP contribution in [-0.4, -0.2) is 23.9 Å². The molecule has 0 aliphatic heterocycles. The Balaban J connectivity index is 5.05. The zero-order valence-corrected chi connectivity index (χ0v) is 8.42. The van der Waals surface area contributed by atoms with E-state index in [0.717, 1.165) is 6.92 Å². The van der Waals surface area contributed by atoms with Crippen LogP contribution in [0.3, 0.4) is 0 Å². The van der Waals surface area contributed by atoms with Crippen LogP contribution in [0, 0.1) is 0 Å². The fourth-order valence-corrected chi connectivity index (χ4v) is 0.717. The maximum atomic E-state index is 12.7. The number of alkyl halides is 7. The molecule has 0 aromatic rings. The van der Waals surface area contributed by atoms with Gasteiger partial charge in [0.2, 0.25) is 5.91 Å². The van der Waals surface area contributed by atoms with Crippen molar-refractivity contribution in [3.8, 4) is 0 Å². The highest BCUT2D eigenvalue weighted by atomic mass is 19.4. The van der Waals surface area contributed by atoms with Crippen molar-refractivity contribution in [2.75, 3.05) is 0 Å². The third-order valence-corrected chi connectivity index (χ3v) is 1.87. The third-order valence-electron chi connectivity index (χ3n) is 1.87. The molecule has 17 heavy (non-hydrogen) atoms. The van der Waals surface area contributed by atoms with E-state index in [-0.39, 0.29) is 6.08 Å². The molecule has 0 spiro atoms. The first-order valence-electron chi connectivity index (χ1n) is 4.12. The van der Waals surface area contributed by atoms with Gasteiger partial charge in [-0.3, -0.25) is 4.79 Å². The van der Waals surface area contributed by atoms with Crippen molar-refractivity contribution in [3.63, 3.8) is 0 Å². The largest absolute Gasteiger partial charge is 0.459 e. The van der Waals surface area contributed by atoms with Gasteiger partial charge in [0.05, 0.1) is 0 Å². The van der Waals surface area contributed by atoms with Crippen molar-refractivity contribution in [1.29, 1.82) is 0 Å². The highest BCUT2D eigenvalue weighted by Crippen LogP contribution is 2.48. The summed E-state index contributed by atoms with van der Waals surface area (Å²) in [6.07, 6.45) is -8.07. The second kappa shape index (κ2) is 4.53. The Hall–Kier alpha value is -1.28. The molecule has 0 aromatic carbocycles. The van der Waals surface area contributed by atoms with Gasteiger partial charge in [-0.05, 0) is 6.92 Å². The molecular formula is C8H8F7NO. The van der Waals surface area contributed by atoms with Crippen LogP contribution in [0.5, 0.6) is 0 Å². The molecule has 0 heterocycles. The number of primary amides is 1. The molecule has 0 saturated carbocycles. The summed E-state index contributed by atoms with van der Waals surface area (Å²) in [5, 5.41) is 0. The van der Waals surface area contributed by atoms with Crippen molar-refractivity contribution < 1.29 is 35.5 Å². The van der Waals surface area contributed by atoms with Crippen molar-refractivity contribution in [1.82, 2.24) is 0 Å². The van der Waals surface area contributed by atoms with Gasteiger partial charge in [0.25, 0.3) is 0 Å². The first kappa shape index (κ1) is 15.7. The highest BCUT2D eigenvalue weighted by molar-refractivity contribution is 5.91. The van der Waals surface area contributed by atoms with E-state index in [4.69, 9.17) is 0 Å². The average Bonchev–Trinajstić information content (AvgIpc) is 2.11. The summed E-state index contributed by atoms with van der Waals surface area (Å²) in [5.41, 5.74) is 4.07. The highest BCUT2D eigenvalue weighted by Gasteiger charge is 2.72. The lowest BCUT2D eigenvalue weighted by molar-refractivity contribution is -0.353. The molecule has 0 fully saturated rings. The van der Waals surface area contributed by atoms with E-state index in [9.17, 15) is 35.5 Å². The minimum absolute atomic E-state index is 0.238. The quantitative estimate of drug-likeness (QED) is 0.617. The fourth-order valence-electron chi connectivity index (χ4n) is 0.717. The summed E-state index contributed by atoms with van der Waals surface area (Å²) in [6.45, 7) is 0.921. The molecule has 9 heteroatoms. The van der Waals surface area contributed by atoms with Gasteiger partial charge in [0, 0.05) is 12.0 Å². The van der Waals surface area contributed by atoms with Gasteiger partial charge in [-0.2, -0.15) is 30.7 Å². The Morgan fingerprint density at radius 2 is 1.53 bits per heavy atom. The van der Waals surface area contributed by atoms with Gasteiger partial charge in [-0.1, -0.05) is 6.08 Å². The predicted octanol–water partition coefficient (Wildman–Crippen LogP) is 2.64. The number of carbonyl (C=O) groups excluding carboxylic acids is 1. The minimum Gasteiger partial charge on any atom is -0.366 e. The van der Waals surface area contributed by atoms with E-state index >= 15 is 0 Å². The number of allylic oxidation sites excluding steroid dienone is 1. The van der Waals surface area contributed by atoms with E-state index in [2.05, 4.69) is 5.73 Å². The molecule has 100 valence electrons. The van der Waals surface area contributed by atoms with E-state index in [1.807, 2.05) is 0 Å². The number of hydrogen-bond donors (Lipinski definition) is 1. The van der Waals surface area contributed by atoms with Crippen LogP contribution >= 0.6 is 0 Å². The molecule has 0 saturated heterocycles. The number of nitrogens with two attached hydrogens (primary N) is 1. The van der Waals surface area contributed by atoms with Gasteiger partial charge in [-0.25, -0.2) is 0 Å². The second-order valence-corrected chi connectivity index (χ2v) is 3.23. The van der Waals surface area contributed by atoms with Crippen LogP contribution in [0.1, 0.15) is 13.3 Å². The number of halogens is 7. The topological polar surface area (TPSA) is 43.1 Å². The van der Waals surface area contributed by atoms with Gasteiger partial charge in [0.1, 0.15) is 0 Å². The first-order valence-corrected chi connectivity index (χ1v) is 4.12. The number of carbonyl (C=O) groups is 1. The van der Waals surface area contributed by atoms with Crippen molar-refractivity contribution >= 4 is 5.91 Å². The van der Waals surface area contributed by atoms with E-state index in [0.29, 0.717) is 0 Å². The van der Waals surface area contributed by atoms with E-state index in [1.165, 1.54) is 0 Å². The van der Waals surface area contributed by atoms with Gasteiger partial charge in [0.15, 0.2) is 0 Å². The zero-order valence-electron chi connectivity index (χ0n) is 8.42. The first-order chi connectivity index (χ1) is 7.33. The van der Waals surface area contributed by atoms with Crippen molar-refractivity contribution in [3.05, 3.63) is 11.6 Å². The van der Waals surface area contributed by atoms with Gasteiger partial charge < -0.3 is 5.73 Å². The molecule has 0 bridgehead atoms. The Morgan fingerprint density at radius 3 is 1.82 bits per heavy atom. The summed E-state index contributed by atoms with van der Waals surface area (Å²) in [4.78, 5) is 10.4. The lowest BCUT2D eigenvalue weighted by atomic mass is 10.1. The van der Waals surface area contributed by atoms with Gasteiger partial charge >= 0.3 is 18.0 Å². The van der Waals surface area contributed by atoms with Crippen LogP contribution in [-0.2, 0) is 4.79 Å². The second-order valence-electron chi connectivity index (χ2n) is 3.23. The maximum absolute atomic E-state index is 12.7. The maximum Gasteiger partial charge on any atom is 0.459 e. The molecule has 0 unspecified atom stereocenters. The van der Waals surface area contributed by atoms with Crippen LogP contribution in [0.25, 0.3) is 0 Å². The molecule has 0 aromatic heterocycles. The average molecular weight is 267 g/mol. The summed E-state index contributed by atoms with van der Waals surface area (Å²) >= 11 is 0. The van der Waals surface area contributed by atoms with E-state index in [1.54, 1.807) is 0 Å². The van der Waals surface area contributed by atoms with E-state index < -0.39 is 35.9 Å². The van der Waals surface area contributed by atoms with Crippen molar-refractivity contribution in [2.24, 2.45) is 5.73 Å². The zero-order chi connectivity index (χ0) is 14.1.